The molecule has 3 aliphatic heterocycles. The molecule has 0 saturated carbocycles. The fourth-order valence-corrected chi connectivity index (χ4v) is 15.5. The van der Waals surface area contributed by atoms with Crippen molar-refractivity contribution >= 4 is 62.0 Å². The second kappa shape index (κ2) is 21.6. The number of ether oxygens (including phenoxy) is 1. The molecule has 0 radical (unpaired) electrons. The summed E-state index contributed by atoms with van der Waals surface area (Å²) in [6.07, 6.45) is 0. The summed E-state index contributed by atoms with van der Waals surface area (Å²) in [5, 5.41) is 12.6. The van der Waals surface area contributed by atoms with E-state index >= 15 is 0 Å². The number of para-hydroxylation sites is 2. The predicted molar refractivity (Wildman–Crippen MR) is 400 cm³/mol. The van der Waals surface area contributed by atoms with Gasteiger partial charge in [0.05, 0.1) is 40.6 Å². The van der Waals surface area contributed by atoms with Crippen molar-refractivity contribution in [3.63, 3.8) is 0 Å². The average molecular weight is 1230 g/mol. The fourth-order valence-electron chi connectivity index (χ4n) is 15.5. The number of nitrogens with zero attached hydrogens (tertiary/aromatic N) is 3. The molecule has 0 aliphatic carbocycles. The Balaban J connectivity index is 1.15. The van der Waals surface area contributed by atoms with Gasteiger partial charge in [-0.2, -0.15) is 5.26 Å². The van der Waals surface area contributed by atoms with E-state index in [4.69, 9.17) is 8.85 Å². The summed E-state index contributed by atoms with van der Waals surface area (Å²) >= 11 is 0. The van der Waals surface area contributed by atoms with Crippen molar-refractivity contribution in [2.24, 2.45) is 0 Å². The van der Waals surface area contributed by atoms with Crippen LogP contribution in [0.3, 0.4) is 0 Å². The second-order valence-corrected chi connectivity index (χ2v) is 30.5. The minimum atomic E-state index is -1.09. The summed E-state index contributed by atoms with van der Waals surface area (Å²) in [5.74, 6) is 1.44. The second-order valence-electron chi connectivity index (χ2n) is 30.5. The zero-order valence-corrected chi connectivity index (χ0v) is 56.2. The van der Waals surface area contributed by atoms with Gasteiger partial charge in [0.15, 0.2) is 0 Å². The predicted octanol–water partition coefficient (Wildman–Crippen LogP) is 21.6. The van der Waals surface area contributed by atoms with Gasteiger partial charge < -0.3 is 14.2 Å². The molecule has 0 fully saturated rings. The number of benzene rings is 12. The van der Waals surface area contributed by atoms with Crippen molar-refractivity contribution in [2.75, 3.05) is 4.90 Å². The maximum Gasteiger partial charge on any atom is 0.247 e. The van der Waals surface area contributed by atoms with Crippen LogP contribution >= 0.6 is 0 Å². The zero-order chi connectivity index (χ0) is 70.0. The normalized spacial score (nSPS) is 14.5. The van der Waals surface area contributed by atoms with Crippen LogP contribution in [0.15, 0.2) is 255 Å². The third-order valence-corrected chi connectivity index (χ3v) is 20.4. The van der Waals surface area contributed by atoms with Crippen molar-refractivity contribution < 1.29 is 11.6 Å². The number of rotatable bonds is 6. The van der Waals surface area contributed by atoms with Gasteiger partial charge in [-0.15, -0.1) is 0 Å². The first-order valence-corrected chi connectivity index (χ1v) is 33.3. The molecular formula is C90H78BN3O. The first-order valence-electron chi connectivity index (χ1n) is 35.8. The van der Waals surface area contributed by atoms with Crippen LogP contribution in [0, 0.1) is 11.3 Å². The van der Waals surface area contributed by atoms with Gasteiger partial charge in [0.2, 0.25) is 6.71 Å². The largest absolute Gasteiger partial charge is 0.457 e. The molecule has 0 unspecified atom stereocenters. The number of hydrogen-bond acceptors (Lipinski definition) is 3. The topological polar surface area (TPSA) is 41.2 Å². The standard InChI is InChI=1S/C90H78BN3O/c1-86(2,3)63-38-43-79-71(51-63)70-44-56(55-92)36-42-78(70)93(79)67-39-41-76-80(54-67)94(85-68(58-28-18-14-19-29-58)52-66(89(10,11)12)53-69(85)59-30-20-15-21-31-59)81-49-62(61-45-64(87(4,5)6)50-65(46-61)88(7,8)9)47-75-84(81)91(76)77-48-60(57-26-16-13-17-27-57)37-40-72(77)90(75)73-32-22-24-34-82(73)95-83-35-25-23-33-74(83)90/h13-54H,1-12H3/i13D,16D,17D,26D,27D. The van der Waals surface area contributed by atoms with Crippen LogP contribution in [-0.2, 0) is 27.1 Å². The molecule has 12 aromatic carbocycles. The first-order chi connectivity index (χ1) is 47.6. The third-order valence-electron chi connectivity index (χ3n) is 20.4. The van der Waals surface area contributed by atoms with E-state index in [1.807, 2.05) is 30.3 Å². The third kappa shape index (κ3) is 9.54. The van der Waals surface area contributed by atoms with Gasteiger partial charge in [0, 0.05) is 50.1 Å². The highest BCUT2D eigenvalue weighted by molar-refractivity contribution is 6.99. The molecule has 95 heavy (non-hydrogen) atoms. The summed E-state index contributed by atoms with van der Waals surface area (Å²) in [5.41, 5.74) is 23.2. The quantitative estimate of drug-likeness (QED) is 0.156. The number of aromatic nitrogens is 1. The highest BCUT2D eigenvalue weighted by Gasteiger charge is 2.55. The first kappa shape index (κ1) is 54.0. The molecular weight excluding hydrogens is 1150 g/mol. The molecule has 1 aromatic heterocycles. The van der Waals surface area contributed by atoms with Crippen LogP contribution in [-0.4, -0.2) is 11.3 Å². The van der Waals surface area contributed by atoms with E-state index in [1.54, 1.807) is 0 Å². The molecule has 16 rings (SSSR count). The molecule has 462 valence electrons. The molecule has 5 heteroatoms. The number of hydrogen-bond donors (Lipinski definition) is 0. The summed E-state index contributed by atoms with van der Waals surface area (Å²) < 4.78 is 55.7. The van der Waals surface area contributed by atoms with Gasteiger partial charge in [-0.3, -0.25) is 0 Å². The van der Waals surface area contributed by atoms with Gasteiger partial charge in [0.1, 0.15) is 11.5 Å². The Morgan fingerprint density at radius 3 is 1.55 bits per heavy atom. The number of fused-ring (bicyclic) bond motifs is 13. The Hall–Kier alpha value is -10.4. The van der Waals surface area contributed by atoms with Crippen LogP contribution in [0.2, 0.25) is 0 Å². The molecule has 0 atom stereocenters. The average Bonchev–Trinajstić information content (AvgIpc) is 0.779. The lowest BCUT2D eigenvalue weighted by atomic mass is 9.29. The summed E-state index contributed by atoms with van der Waals surface area (Å²) in [4.78, 5) is 2.60. The highest BCUT2D eigenvalue weighted by Crippen LogP contribution is 2.59. The van der Waals surface area contributed by atoms with Crippen molar-refractivity contribution in [3.8, 4) is 67.8 Å². The van der Waals surface area contributed by atoms with Gasteiger partial charge >= 0.3 is 0 Å². The van der Waals surface area contributed by atoms with Crippen molar-refractivity contribution in [1.29, 1.82) is 5.26 Å². The van der Waals surface area contributed by atoms with Gasteiger partial charge in [-0.1, -0.05) is 264 Å². The molecule has 4 nitrogen and oxygen atoms in total. The maximum atomic E-state index is 10.5. The highest BCUT2D eigenvalue weighted by atomic mass is 16.5. The van der Waals surface area contributed by atoms with E-state index in [-0.39, 0.29) is 39.3 Å². The minimum Gasteiger partial charge on any atom is -0.457 e. The maximum absolute atomic E-state index is 10.5. The molecule has 0 amide bonds. The molecule has 0 N–H and O–H groups in total. The lowest BCUT2D eigenvalue weighted by molar-refractivity contribution is 0.435. The lowest BCUT2D eigenvalue weighted by Gasteiger charge is -2.50. The van der Waals surface area contributed by atoms with Crippen molar-refractivity contribution in [1.82, 2.24) is 4.57 Å². The van der Waals surface area contributed by atoms with Crippen molar-refractivity contribution in [3.05, 3.63) is 305 Å². The molecule has 4 heterocycles. The fraction of sp³-hybridized carbons (Fsp3) is 0.189. The molecule has 13 aromatic rings. The molecule has 0 saturated heterocycles. The van der Waals surface area contributed by atoms with Crippen LogP contribution < -0.4 is 26.0 Å². The van der Waals surface area contributed by atoms with Crippen molar-refractivity contribution in [2.45, 2.75) is 110 Å². The van der Waals surface area contributed by atoms with Gasteiger partial charge in [-0.25, -0.2) is 0 Å². The Bertz CT molecular complexity index is 5490. The molecule has 1 spiro atoms. The van der Waals surface area contributed by atoms with E-state index < -0.39 is 30.3 Å². The van der Waals surface area contributed by atoms with E-state index in [0.29, 0.717) is 11.1 Å². The Kier molecular flexibility index (Phi) is 12.3. The Morgan fingerprint density at radius 2 is 0.958 bits per heavy atom. The minimum absolute atomic E-state index is 0.137. The van der Waals surface area contributed by atoms with E-state index in [9.17, 15) is 8.00 Å². The monoisotopic (exact) mass is 1230 g/mol. The summed E-state index contributed by atoms with van der Waals surface area (Å²) in [6.45, 7) is 26.9. The number of nitriles is 1. The van der Waals surface area contributed by atoms with E-state index in [1.165, 1.54) is 22.3 Å². The van der Waals surface area contributed by atoms with E-state index in [0.717, 1.165) is 128 Å². The Morgan fingerprint density at radius 1 is 0.411 bits per heavy atom. The molecule has 0 bridgehead atoms. The Labute approximate surface area is 567 Å². The van der Waals surface area contributed by atoms with Crippen LogP contribution in [0.4, 0.5) is 17.1 Å². The van der Waals surface area contributed by atoms with Gasteiger partial charge in [0.25, 0.3) is 0 Å². The lowest BCUT2D eigenvalue weighted by Crippen LogP contribution is -2.65. The number of anilines is 3. The van der Waals surface area contributed by atoms with Gasteiger partial charge in [-0.05, 0) is 178 Å². The van der Waals surface area contributed by atoms with Crippen LogP contribution in [0.5, 0.6) is 11.5 Å². The van der Waals surface area contributed by atoms with Crippen LogP contribution in [0.1, 0.15) is 140 Å². The molecule has 3 aliphatic rings. The summed E-state index contributed by atoms with van der Waals surface area (Å²) in [7, 11) is 0. The van der Waals surface area contributed by atoms with E-state index in [2.05, 4.69) is 293 Å². The van der Waals surface area contributed by atoms with Crippen LogP contribution in [0.25, 0.3) is 72.0 Å². The summed E-state index contributed by atoms with van der Waals surface area (Å²) in [6, 6.07) is 82.5. The smallest absolute Gasteiger partial charge is 0.247 e. The SMILES string of the molecule is [2H]c1c([2H])c([2H])c(-c2ccc3c(c2)B2c4ccc(-n5c6ccc(C#N)cc6c6cc(C(C)(C)C)ccc65)cc4N(c4c(-c5ccccc5)cc(C(C)(C)C)cc4-c4ccccc4)c4cc(-c5cc(C(C)(C)C)cc(C(C)(C)C)c5)cc(c42)C32c3ccccc3Oc3ccccc32)c([2H])c1[2H]. The zero-order valence-electron chi connectivity index (χ0n) is 61.2.